The molecule has 1 unspecified atom stereocenters. The van der Waals surface area contributed by atoms with Crippen LogP contribution in [0.3, 0.4) is 0 Å². The second kappa shape index (κ2) is 5.77. The van der Waals surface area contributed by atoms with E-state index in [4.69, 9.17) is 0 Å². The Kier molecular flexibility index (Phi) is 4.31. The van der Waals surface area contributed by atoms with E-state index in [0.29, 0.717) is 23.1 Å². The molecule has 1 aliphatic heterocycles. The van der Waals surface area contributed by atoms with Gasteiger partial charge in [0.15, 0.2) is 0 Å². The van der Waals surface area contributed by atoms with Gasteiger partial charge in [0.25, 0.3) is 0 Å². The first-order valence-electron chi connectivity index (χ1n) is 5.72. The molecule has 98 valence electrons. The molecule has 1 aromatic rings. The van der Waals surface area contributed by atoms with Crippen molar-refractivity contribution in [2.24, 2.45) is 0 Å². The van der Waals surface area contributed by atoms with E-state index in [1.54, 1.807) is 12.1 Å². The van der Waals surface area contributed by atoms with Crippen LogP contribution in [0, 0.1) is 5.82 Å². The summed E-state index contributed by atoms with van der Waals surface area (Å²) in [5, 5.41) is 12.5. The molecule has 6 heteroatoms. The number of nitrogens with one attached hydrogen (secondary N) is 1. The van der Waals surface area contributed by atoms with E-state index < -0.39 is 17.8 Å². The van der Waals surface area contributed by atoms with Crippen LogP contribution in [-0.4, -0.2) is 42.2 Å². The number of benzene rings is 1. The number of carbonyl (C=O) groups is 1. The summed E-state index contributed by atoms with van der Waals surface area (Å²) in [6.45, 7) is 2.80. The molecule has 1 heterocycles. The number of piperazine rings is 1. The van der Waals surface area contributed by atoms with Gasteiger partial charge in [0.05, 0.1) is 4.47 Å². The van der Waals surface area contributed by atoms with Crippen molar-refractivity contribution in [3.05, 3.63) is 34.1 Å². The molecule has 0 saturated carbocycles. The minimum absolute atomic E-state index is 0.343. The zero-order valence-electron chi connectivity index (χ0n) is 9.70. The molecule has 0 spiro atoms. The standard InChI is InChI=1S/C12H14BrFN2O2/c13-9-2-1-8(7-10(9)14)11(12(17)18)16-5-3-15-4-6-16/h1-2,7,11,15H,3-6H2,(H,17,18). The normalized spacial score (nSPS) is 18.6. The summed E-state index contributed by atoms with van der Waals surface area (Å²) in [6, 6.07) is 3.69. The zero-order chi connectivity index (χ0) is 13.1. The molecular formula is C12H14BrFN2O2. The number of carboxylic acid groups (broad SMARTS) is 1. The van der Waals surface area contributed by atoms with Crippen LogP contribution in [0.25, 0.3) is 0 Å². The highest BCUT2D eigenvalue weighted by Gasteiger charge is 2.28. The maximum Gasteiger partial charge on any atom is 0.325 e. The molecule has 0 amide bonds. The fourth-order valence-electron chi connectivity index (χ4n) is 2.13. The second-order valence-corrected chi connectivity index (χ2v) is 5.05. The van der Waals surface area contributed by atoms with Crippen LogP contribution in [0.15, 0.2) is 22.7 Å². The number of hydrogen-bond acceptors (Lipinski definition) is 3. The van der Waals surface area contributed by atoms with Gasteiger partial charge in [-0.2, -0.15) is 0 Å². The Morgan fingerprint density at radius 1 is 1.44 bits per heavy atom. The van der Waals surface area contributed by atoms with E-state index in [0.717, 1.165) is 13.1 Å². The van der Waals surface area contributed by atoms with Gasteiger partial charge in [0, 0.05) is 26.2 Å². The Morgan fingerprint density at radius 2 is 2.11 bits per heavy atom. The summed E-state index contributed by atoms with van der Waals surface area (Å²) in [5.74, 6) is -1.38. The lowest BCUT2D eigenvalue weighted by molar-refractivity contribution is -0.143. The summed E-state index contributed by atoms with van der Waals surface area (Å²) in [5.41, 5.74) is 0.477. The van der Waals surface area contributed by atoms with E-state index >= 15 is 0 Å². The van der Waals surface area contributed by atoms with Crippen LogP contribution in [0.5, 0.6) is 0 Å². The highest BCUT2D eigenvalue weighted by molar-refractivity contribution is 9.10. The number of halogens is 2. The lowest BCUT2D eigenvalue weighted by Crippen LogP contribution is -2.47. The lowest BCUT2D eigenvalue weighted by Gasteiger charge is -2.32. The van der Waals surface area contributed by atoms with E-state index in [1.807, 2.05) is 4.90 Å². The Bertz CT molecular complexity index is 450. The van der Waals surface area contributed by atoms with Gasteiger partial charge in [-0.05, 0) is 33.6 Å². The molecule has 2 rings (SSSR count). The minimum Gasteiger partial charge on any atom is -0.480 e. The summed E-state index contributed by atoms with van der Waals surface area (Å²) in [4.78, 5) is 13.2. The molecule has 0 aliphatic carbocycles. The number of carboxylic acids is 1. The van der Waals surface area contributed by atoms with Gasteiger partial charge in [-0.3, -0.25) is 9.69 Å². The van der Waals surface area contributed by atoms with Gasteiger partial charge in [0.1, 0.15) is 11.9 Å². The molecular weight excluding hydrogens is 303 g/mol. The second-order valence-electron chi connectivity index (χ2n) is 4.20. The predicted molar refractivity (Wildman–Crippen MR) is 68.9 cm³/mol. The summed E-state index contributed by atoms with van der Waals surface area (Å²) < 4.78 is 13.8. The van der Waals surface area contributed by atoms with Crippen molar-refractivity contribution in [3.8, 4) is 0 Å². The zero-order valence-corrected chi connectivity index (χ0v) is 11.3. The van der Waals surface area contributed by atoms with E-state index in [1.165, 1.54) is 6.07 Å². The van der Waals surface area contributed by atoms with Crippen molar-refractivity contribution >= 4 is 21.9 Å². The third kappa shape index (κ3) is 2.88. The molecule has 1 aliphatic rings. The van der Waals surface area contributed by atoms with Gasteiger partial charge in [-0.15, -0.1) is 0 Å². The molecule has 0 bridgehead atoms. The highest BCUT2D eigenvalue weighted by Crippen LogP contribution is 2.25. The lowest BCUT2D eigenvalue weighted by atomic mass is 10.0. The molecule has 2 N–H and O–H groups in total. The third-order valence-electron chi connectivity index (χ3n) is 3.01. The first kappa shape index (κ1) is 13.5. The number of nitrogens with zero attached hydrogens (tertiary/aromatic N) is 1. The Morgan fingerprint density at radius 3 is 2.67 bits per heavy atom. The van der Waals surface area contributed by atoms with Crippen molar-refractivity contribution in [2.45, 2.75) is 6.04 Å². The first-order chi connectivity index (χ1) is 8.59. The highest BCUT2D eigenvalue weighted by atomic mass is 79.9. The van der Waals surface area contributed by atoms with Crippen LogP contribution in [0.1, 0.15) is 11.6 Å². The molecule has 1 aromatic carbocycles. The molecule has 1 saturated heterocycles. The van der Waals surface area contributed by atoms with Crippen LogP contribution in [0.4, 0.5) is 4.39 Å². The minimum atomic E-state index is -0.946. The van der Waals surface area contributed by atoms with Crippen LogP contribution < -0.4 is 5.32 Å². The SMILES string of the molecule is O=C(O)C(c1ccc(Br)c(F)c1)N1CCNCC1. The maximum atomic E-state index is 13.5. The summed E-state index contributed by atoms with van der Waals surface area (Å²) in [7, 11) is 0. The Balaban J connectivity index is 2.28. The smallest absolute Gasteiger partial charge is 0.325 e. The van der Waals surface area contributed by atoms with Crippen molar-refractivity contribution < 1.29 is 14.3 Å². The van der Waals surface area contributed by atoms with E-state index in [-0.39, 0.29) is 0 Å². The Hall–Kier alpha value is -0.980. The quantitative estimate of drug-likeness (QED) is 0.889. The fourth-order valence-corrected chi connectivity index (χ4v) is 2.38. The average molecular weight is 317 g/mol. The molecule has 0 aromatic heterocycles. The van der Waals surface area contributed by atoms with Gasteiger partial charge in [-0.25, -0.2) is 4.39 Å². The van der Waals surface area contributed by atoms with Crippen molar-refractivity contribution in [1.82, 2.24) is 10.2 Å². The third-order valence-corrected chi connectivity index (χ3v) is 3.65. The van der Waals surface area contributed by atoms with Crippen LogP contribution >= 0.6 is 15.9 Å². The van der Waals surface area contributed by atoms with Crippen molar-refractivity contribution in [1.29, 1.82) is 0 Å². The fraction of sp³-hybridized carbons (Fsp3) is 0.417. The van der Waals surface area contributed by atoms with E-state index in [9.17, 15) is 14.3 Å². The number of hydrogen-bond donors (Lipinski definition) is 2. The monoisotopic (exact) mass is 316 g/mol. The van der Waals surface area contributed by atoms with Crippen molar-refractivity contribution in [2.75, 3.05) is 26.2 Å². The number of rotatable bonds is 3. The molecule has 1 atom stereocenters. The van der Waals surface area contributed by atoms with Gasteiger partial charge >= 0.3 is 5.97 Å². The molecule has 4 nitrogen and oxygen atoms in total. The Labute approximate surface area is 113 Å². The first-order valence-corrected chi connectivity index (χ1v) is 6.51. The summed E-state index contributed by atoms with van der Waals surface area (Å²) in [6.07, 6.45) is 0. The van der Waals surface area contributed by atoms with Crippen LogP contribution in [-0.2, 0) is 4.79 Å². The van der Waals surface area contributed by atoms with Crippen molar-refractivity contribution in [3.63, 3.8) is 0 Å². The average Bonchev–Trinajstić information content (AvgIpc) is 2.35. The van der Waals surface area contributed by atoms with Gasteiger partial charge in [-0.1, -0.05) is 6.07 Å². The number of aliphatic carboxylic acids is 1. The molecule has 0 radical (unpaired) electrons. The summed E-state index contributed by atoms with van der Waals surface area (Å²) >= 11 is 3.07. The predicted octanol–water partition coefficient (Wildman–Crippen LogP) is 1.62. The van der Waals surface area contributed by atoms with Crippen LogP contribution in [0.2, 0.25) is 0 Å². The largest absolute Gasteiger partial charge is 0.480 e. The molecule has 18 heavy (non-hydrogen) atoms. The van der Waals surface area contributed by atoms with Gasteiger partial charge in [0.2, 0.25) is 0 Å². The molecule has 1 fully saturated rings. The van der Waals surface area contributed by atoms with E-state index in [2.05, 4.69) is 21.2 Å². The maximum absolute atomic E-state index is 13.5. The van der Waals surface area contributed by atoms with Gasteiger partial charge < -0.3 is 10.4 Å². The topological polar surface area (TPSA) is 52.6 Å².